The Morgan fingerprint density at radius 2 is 2.05 bits per heavy atom. The van der Waals surface area contributed by atoms with E-state index in [9.17, 15) is 4.79 Å². The van der Waals surface area contributed by atoms with E-state index in [4.69, 9.17) is 9.84 Å². The van der Waals surface area contributed by atoms with Crippen LogP contribution >= 0.6 is 0 Å². The minimum absolute atomic E-state index is 0.0592. The van der Waals surface area contributed by atoms with Crippen molar-refractivity contribution in [1.29, 1.82) is 0 Å². The maximum Gasteiger partial charge on any atom is 0.315 e. The summed E-state index contributed by atoms with van der Waals surface area (Å²) in [6.45, 7) is 2.23. The van der Waals surface area contributed by atoms with E-state index < -0.39 is 0 Å². The zero-order valence-corrected chi connectivity index (χ0v) is 11.4. The van der Waals surface area contributed by atoms with Gasteiger partial charge in [0.2, 0.25) is 0 Å². The molecule has 1 rings (SSSR count). The lowest BCUT2D eigenvalue weighted by Gasteiger charge is -2.19. The molecule has 5 nitrogen and oxygen atoms in total. The van der Waals surface area contributed by atoms with E-state index in [2.05, 4.69) is 10.6 Å². The highest BCUT2D eigenvalue weighted by molar-refractivity contribution is 5.74. The Kier molecular flexibility index (Phi) is 6.92. The molecule has 19 heavy (non-hydrogen) atoms. The zero-order valence-electron chi connectivity index (χ0n) is 11.4. The molecular formula is C14H22N2O3. The van der Waals surface area contributed by atoms with Crippen LogP contribution in [0, 0.1) is 0 Å². The van der Waals surface area contributed by atoms with Crippen molar-refractivity contribution in [3.05, 3.63) is 35.9 Å². The number of rotatable bonds is 7. The van der Waals surface area contributed by atoms with Gasteiger partial charge in [0.25, 0.3) is 0 Å². The summed E-state index contributed by atoms with van der Waals surface area (Å²) < 4.78 is 5.35. The number of aliphatic hydroxyl groups excluding tert-OH is 1. The molecule has 1 aromatic carbocycles. The molecule has 0 bridgehead atoms. The molecule has 2 amide bonds. The summed E-state index contributed by atoms with van der Waals surface area (Å²) in [6.07, 6.45) is 0.511. The van der Waals surface area contributed by atoms with Gasteiger partial charge in [0, 0.05) is 13.7 Å². The highest BCUT2D eigenvalue weighted by Gasteiger charge is 2.13. The van der Waals surface area contributed by atoms with Crippen LogP contribution in [0.15, 0.2) is 30.3 Å². The van der Waals surface area contributed by atoms with Crippen molar-refractivity contribution in [3.8, 4) is 0 Å². The van der Waals surface area contributed by atoms with E-state index in [1.165, 1.54) is 0 Å². The summed E-state index contributed by atoms with van der Waals surface area (Å²) in [6, 6.07) is 9.20. The zero-order chi connectivity index (χ0) is 14.1. The minimum Gasteiger partial charge on any atom is -0.394 e. The highest BCUT2D eigenvalue weighted by Crippen LogP contribution is 2.14. The lowest BCUT2D eigenvalue weighted by molar-refractivity contribution is 0.103. The average Bonchev–Trinajstić information content (AvgIpc) is 2.46. The molecule has 0 aliphatic carbocycles. The van der Waals surface area contributed by atoms with Gasteiger partial charge >= 0.3 is 6.03 Å². The molecule has 0 aliphatic heterocycles. The monoisotopic (exact) mass is 266 g/mol. The van der Waals surface area contributed by atoms with Crippen LogP contribution in [0.3, 0.4) is 0 Å². The average molecular weight is 266 g/mol. The van der Waals surface area contributed by atoms with Gasteiger partial charge in [0.15, 0.2) is 0 Å². The third-order valence-electron chi connectivity index (χ3n) is 2.95. The summed E-state index contributed by atoms with van der Waals surface area (Å²) in [7, 11) is 1.61. The van der Waals surface area contributed by atoms with E-state index in [-0.39, 0.29) is 24.8 Å². The standard InChI is InChI=1S/C14H22N2O3/c1-3-12(10-17)16-14(18)15-9-13(19-2)11-7-5-4-6-8-11/h4-8,12-13,17H,3,9-10H2,1-2H3,(H2,15,16,18). The second-order valence-corrected chi connectivity index (χ2v) is 4.28. The van der Waals surface area contributed by atoms with Crippen LogP contribution in [-0.2, 0) is 4.74 Å². The van der Waals surface area contributed by atoms with Crippen LogP contribution in [0.4, 0.5) is 4.79 Å². The van der Waals surface area contributed by atoms with E-state index in [0.29, 0.717) is 13.0 Å². The molecule has 0 aliphatic rings. The van der Waals surface area contributed by atoms with Crippen molar-refractivity contribution in [1.82, 2.24) is 10.6 Å². The van der Waals surface area contributed by atoms with Crippen molar-refractivity contribution >= 4 is 6.03 Å². The number of hydrogen-bond acceptors (Lipinski definition) is 3. The van der Waals surface area contributed by atoms with Crippen LogP contribution < -0.4 is 10.6 Å². The van der Waals surface area contributed by atoms with Crippen LogP contribution in [0.2, 0.25) is 0 Å². The number of urea groups is 1. The van der Waals surface area contributed by atoms with E-state index in [1.807, 2.05) is 37.3 Å². The predicted molar refractivity (Wildman–Crippen MR) is 73.9 cm³/mol. The molecule has 0 heterocycles. The molecule has 0 radical (unpaired) electrons. The van der Waals surface area contributed by atoms with Crippen molar-refractivity contribution in [2.24, 2.45) is 0 Å². The van der Waals surface area contributed by atoms with Crippen molar-refractivity contribution < 1.29 is 14.6 Å². The quantitative estimate of drug-likeness (QED) is 0.699. The van der Waals surface area contributed by atoms with Crippen molar-refractivity contribution in [2.75, 3.05) is 20.3 Å². The number of methoxy groups -OCH3 is 1. The highest BCUT2D eigenvalue weighted by atomic mass is 16.5. The summed E-state index contributed by atoms with van der Waals surface area (Å²) in [5.74, 6) is 0. The first-order valence-electron chi connectivity index (χ1n) is 6.44. The second kappa shape index (κ2) is 8.50. The van der Waals surface area contributed by atoms with Gasteiger partial charge in [-0.3, -0.25) is 0 Å². The summed E-state index contributed by atoms with van der Waals surface area (Å²) in [5.41, 5.74) is 1.01. The van der Waals surface area contributed by atoms with Crippen molar-refractivity contribution in [2.45, 2.75) is 25.5 Å². The number of ether oxygens (including phenoxy) is 1. The lowest BCUT2D eigenvalue weighted by atomic mass is 10.1. The Morgan fingerprint density at radius 3 is 2.58 bits per heavy atom. The molecule has 5 heteroatoms. The summed E-state index contributed by atoms with van der Waals surface area (Å²) in [4.78, 5) is 11.6. The Balaban J connectivity index is 2.43. The summed E-state index contributed by atoms with van der Waals surface area (Å²) >= 11 is 0. The maximum absolute atomic E-state index is 11.6. The number of hydrogen-bond donors (Lipinski definition) is 3. The molecular weight excluding hydrogens is 244 g/mol. The van der Waals surface area contributed by atoms with Crippen LogP contribution in [0.1, 0.15) is 25.0 Å². The van der Waals surface area contributed by atoms with Crippen molar-refractivity contribution in [3.63, 3.8) is 0 Å². The normalized spacial score (nSPS) is 13.6. The predicted octanol–water partition coefficient (Wildman–Crippen LogP) is 1.44. The Bertz CT molecular complexity index is 366. The molecule has 3 N–H and O–H groups in total. The van der Waals surface area contributed by atoms with E-state index in [1.54, 1.807) is 7.11 Å². The van der Waals surface area contributed by atoms with Gasteiger partial charge < -0.3 is 20.5 Å². The maximum atomic E-state index is 11.6. The third kappa shape index (κ3) is 5.28. The number of benzene rings is 1. The molecule has 0 spiro atoms. The second-order valence-electron chi connectivity index (χ2n) is 4.28. The molecule has 2 atom stereocenters. The van der Waals surface area contributed by atoms with E-state index >= 15 is 0 Å². The topological polar surface area (TPSA) is 70.6 Å². The number of amides is 2. The smallest absolute Gasteiger partial charge is 0.315 e. The van der Waals surface area contributed by atoms with Crippen LogP contribution in [0.5, 0.6) is 0 Å². The van der Waals surface area contributed by atoms with Crippen LogP contribution in [-0.4, -0.2) is 37.4 Å². The largest absolute Gasteiger partial charge is 0.394 e. The fourth-order valence-electron chi connectivity index (χ4n) is 1.70. The third-order valence-corrected chi connectivity index (χ3v) is 2.95. The number of aliphatic hydroxyl groups is 1. The SMILES string of the molecule is CCC(CO)NC(=O)NCC(OC)c1ccccc1. The van der Waals surface area contributed by atoms with Gasteiger partial charge in [-0.1, -0.05) is 37.3 Å². The van der Waals surface area contributed by atoms with Gasteiger partial charge in [-0.15, -0.1) is 0 Å². The van der Waals surface area contributed by atoms with Gasteiger partial charge in [-0.05, 0) is 12.0 Å². The molecule has 0 saturated carbocycles. The number of nitrogens with one attached hydrogen (secondary N) is 2. The molecule has 0 saturated heterocycles. The lowest BCUT2D eigenvalue weighted by Crippen LogP contribution is -2.44. The first-order valence-corrected chi connectivity index (χ1v) is 6.44. The van der Waals surface area contributed by atoms with Gasteiger partial charge in [0.1, 0.15) is 0 Å². The van der Waals surface area contributed by atoms with Gasteiger partial charge in [0.05, 0.1) is 18.8 Å². The molecule has 1 aromatic rings. The minimum atomic E-state index is -0.293. The Morgan fingerprint density at radius 1 is 1.37 bits per heavy atom. The van der Waals surface area contributed by atoms with E-state index in [0.717, 1.165) is 5.56 Å². The fourth-order valence-corrected chi connectivity index (χ4v) is 1.70. The summed E-state index contributed by atoms with van der Waals surface area (Å²) in [5, 5.41) is 14.4. The molecule has 0 fully saturated rings. The first-order chi connectivity index (χ1) is 9.21. The molecule has 2 unspecified atom stereocenters. The van der Waals surface area contributed by atoms with Gasteiger partial charge in [-0.25, -0.2) is 4.79 Å². The number of carbonyl (C=O) groups is 1. The number of carbonyl (C=O) groups excluding carboxylic acids is 1. The Labute approximate surface area is 114 Å². The van der Waals surface area contributed by atoms with Gasteiger partial charge in [-0.2, -0.15) is 0 Å². The fraction of sp³-hybridized carbons (Fsp3) is 0.500. The Hall–Kier alpha value is -1.59. The first kappa shape index (κ1) is 15.5. The van der Waals surface area contributed by atoms with Crippen LogP contribution in [0.25, 0.3) is 0 Å². The molecule has 106 valence electrons. The molecule has 0 aromatic heterocycles.